The zero-order chi connectivity index (χ0) is 16.5. The molecule has 2 aromatic rings. The van der Waals surface area contributed by atoms with Crippen molar-refractivity contribution in [1.82, 2.24) is 5.32 Å². The number of aryl methyl sites for hydroxylation is 1. The molecule has 5 nitrogen and oxygen atoms in total. The lowest BCUT2D eigenvalue weighted by molar-refractivity contribution is -0.123. The number of thiophene rings is 1. The van der Waals surface area contributed by atoms with E-state index in [1.54, 1.807) is 11.3 Å². The third-order valence-corrected chi connectivity index (χ3v) is 5.33. The van der Waals surface area contributed by atoms with Crippen molar-refractivity contribution in [1.29, 1.82) is 0 Å². The molecule has 1 amide bonds. The van der Waals surface area contributed by atoms with Crippen LogP contribution in [0.15, 0.2) is 30.3 Å². The average Bonchev–Trinajstić information content (AvgIpc) is 2.95. The summed E-state index contributed by atoms with van der Waals surface area (Å²) in [5.41, 5.74) is 0.863. The van der Waals surface area contributed by atoms with E-state index in [9.17, 15) is 4.79 Å². The van der Waals surface area contributed by atoms with Gasteiger partial charge in [0.15, 0.2) is 11.5 Å². The Morgan fingerprint density at radius 1 is 1.20 bits per heavy atom. The van der Waals surface area contributed by atoms with E-state index in [4.69, 9.17) is 9.47 Å². The number of amides is 1. The molecular formula is C18H21ClN2O3S. The van der Waals surface area contributed by atoms with E-state index in [2.05, 4.69) is 24.4 Å². The fourth-order valence-corrected chi connectivity index (χ4v) is 3.79. The molecule has 1 fully saturated rings. The van der Waals surface area contributed by atoms with E-state index in [1.807, 2.05) is 23.1 Å². The topological polar surface area (TPSA) is 50.8 Å². The molecule has 3 heterocycles. The first-order valence-electron chi connectivity index (χ1n) is 8.18. The van der Waals surface area contributed by atoms with Crippen LogP contribution in [0.2, 0.25) is 0 Å². The highest BCUT2D eigenvalue weighted by molar-refractivity contribution is 7.11. The molecule has 25 heavy (non-hydrogen) atoms. The summed E-state index contributed by atoms with van der Waals surface area (Å²) in [5, 5.41) is 3.18. The number of nitrogens with one attached hydrogen (secondary N) is 1. The minimum Gasteiger partial charge on any atom is -0.486 e. The number of rotatable bonds is 4. The Morgan fingerprint density at radius 3 is 2.60 bits per heavy atom. The predicted molar refractivity (Wildman–Crippen MR) is 101 cm³/mol. The highest BCUT2D eigenvalue weighted by Gasteiger charge is 2.31. The maximum atomic E-state index is 12.9. The van der Waals surface area contributed by atoms with Gasteiger partial charge in [0.2, 0.25) is 5.91 Å². The zero-order valence-corrected chi connectivity index (χ0v) is 15.6. The molecule has 2 aliphatic rings. The van der Waals surface area contributed by atoms with Crippen LogP contribution in [0, 0.1) is 12.8 Å². The van der Waals surface area contributed by atoms with Gasteiger partial charge in [0, 0.05) is 34.6 Å². The molecule has 0 unspecified atom stereocenters. The highest BCUT2D eigenvalue weighted by atomic mass is 35.5. The maximum Gasteiger partial charge on any atom is 0.233 e. The molecular weight excluding hydrogens is 360 g/mol. The summed E-state index contributed by atoms with van der Waals surface area (Å²) in [6, 6.07) is 9.94. The second kappa shape index (κ2) is 7.64. The van der Waals surface area contributed by atoms with Crippen molar-refractivity contribution >= 4 is 35.3 Å². The van der Waals surface area contributed by atoms with Crippen molar-refractivity contribution in [3.05, 3.63) is 40.1 Å². The van der Waals surface area contributed by atoms with Crippen LogP contribution in [0.1, 0.15) is 9.75 Å². The number of hydrogen-bond donors (Lipinski definition) is 1. The van der Waals surface area contributed by atoms with E-state index >= 15 is 0 Å². The van der Waals surface area contributed by atoms with Crippen LogP contribution in [-0.2, 0) is 11.3 Å². The molecule has 0 bridgehead atoms. The number of carbonyl (C=O) groups is 1. The van der Waals surface area contributed by atoms with Crippen LogP contribution in [0.3, 0.4) is 0 Å². The molecule has 4 rings (SSSR count). The maximum absolute atomic E-state index is 12.9. The highest BCUT2D eigenvalue weighted by Crippen LogP contribution is 2.35. The SMILES string of the molecule is Cc1ccc(CN(C(=O)C2CNC2)c2ccc3c(c2)OCCO3)s1.Cl. The van der Waals surface area contributed by atoms with Gasteiger partial charge in [-0.05, 0) is 31.2 Å². The second-order valence-electron chi connectivity index (χ2n) is 6.12. The number of fused-ring (bicyclic) bond motifs is 1. The molecule has 1 saturated heterocycles. The van der Waals surface area contributed by atoms with Crippen LogP contribution in [-0.4, -0.2) is 32.2 Å². The van der Waals surface area contributed by atoms with Gasteiger partial charge in [0.05, 0.1) is 12.5 Å². The van der Waals surface area contributed by atoms with Crippen LogP contribution in [0.4, 0.5) is 5.69 Å². The lowest BCUT2D eigenvalue weighted by atomic mass is 10.0. The first-order chi connectivity index (χ1) is 11.7. The molecule has 0 radical (unpaired) electrons. The van der Waals surface area contributed by atoms with E-state index in [0.29, 0.717) is 25.5 Å². The number of nitrogens with zero attached hydrogens (tertiary/aromatic N) is 1. The summed E-state index contributed by atoms with van der Waals surface area (Å²) in [6.45, 7) is 5.29. The van der Waals surface area contributed by atoms with Gasteiger partial charge in [0.1, 0.15) is 13.2 Å². The predicted octanol–water partition coefficient (Wildman–Crippen LogP) is 3.00. The Labute approximate surface area is 157 Å². The average molecular weight is 381 g/mol. The smallest absolute Gasteiger partial charge is 0.233 e. The Bertz CT molecular complexity index is 761. The fourth-order valence-electron chi connectivity index (χ4n) is 2.91. The van der Waals surface area contributed by atoms with Gasteiger partial charge in [-0.3, -0.25) is 4.79 Å². The zero-order valence-electron chi connectivity index (χ0n) is 14.0. The molecule has 7 heteroatoms. The molecule has 2 aliphatic heterocycles. The molecule has 134 valence electrons. The first-order valence-corrected chi connectivity index (χ1v) is 8.99. The third-order valence-electron chi connectivity index (χ3n) is 4.34. The van der Waals surface area contributed by atoms with Crippen LogP contribution in [0.25, 0.3) is 0 Å². The van der Waals surface area contributed by atoms with E-state index in [-0.39, 0.29) is 24.2 Å². The molecule has 1 N–H and O–H groups in total. The van der Waals surface area contributed by atoms with E-state index in [0.717, 1.165) is 24.5 Å². The Balaban J connectivity index is 0.00000182. The van der Waals surface area contributed by atoms with Crippen molar-refractivity contribution in [2.75, 3.05) is 31.2 Å². The van der Waals surface area contributed by atoms with E-state index in [1.165, 1.54) is 9.75 Å². The summed E-state index contributed by atoms with van der Waals surface area (Å²) in [7, 11) is 0. The third kappa shape index (κ3) is 3.76. The van der Waals surface area contributed by atoms with Gasteiger partial charge in [0.25, 0.3) is 0 Å². The fraction of sp³-hybridized carbons (Fsp3) is 0.389. The lowest BCUT2D eigenvalue weighted by Gasteiger charge is -2.33. The Morgan fingerprint density at radius 2 is 1.96 bits per heavy atom. The number of anilines is 1. The minimum atomic E-state index is 0. The van der Waals surface area contributed by atoms with Crippen LogP contribution >= 0.6 is 23.7 Å². The number of benzene rings is 1. The summed E-state index contributed by atoms with van der Waals surface area (Å²) in [4.78, 5) is 17.2. The van der Waals surface area contributed by atoms with E-state index < -0.39 is 0 Å². The van der Waals surface area contributed by atoms with Gasteiger partial charge < -0.3 is 19.7 Å². The van der Waals surface area contributed by atoms with Crippen LogP contribution in [0.5, 0.6) is 11.5 Å². The van der Waals surface area contributed by atoms with Gasteiger partial charge >= 0.3 is 0 Å². The standard InChI is InChI=1S/C18H20N2O3S.ClH/c1-12-2-4-15(24-12)11-20(18(21)13-9-19-10-13)14-3-5-16-17(8-14)23-7-6-22-16;/h2-5,8,13,19H,6-7,9-11H2,1H3;1H. The quantitative estimate of drug-likeness (QED) is 0.885. The molecule has 1 aromatic carbocycles. The van der Waals surface area contributed by atoms with Gasteiger partial charge in [-0.15, -0.1) is 23.7 Å². The van der Waals surface area contributed by atoms with Gasteiger partial charge in [-0.2, -0.15) is 0 Å². The minimum absolute atomic E-state index is 0. The molecule has 0 aliphatic carbocycles. The van der Waals surface area contributed by atoms with Gasteiger partial charge in [-0.25, -0.2) is 0 Å². The number of ether oxygens (including phenoxy) is 2. The van der Waals surface area contributed by atoms with Crippen molar-refractivity contribution in [3.63, 3.8) is 0 Å². The van der Waals surface area contributed by atoms with Crippen molar-refractivity contribution < 1.29 is 14.3 Å². The molecule has 0 atom stereocenters. The summed E-state index contributed by atoms with van der Waals surface area (Å²) in [5.74, 6) is 1.68. The lowest BCUT2D eigenvalue weighted by Crippen LogP contribution is -2.52. The number of carbonyl (C=O) groups excluding carboxylic acids is 1. The van der Waals surface area contributed by atoms with Crippen molar-refractivity contribution in [3.8, 4) is 11.5 Å². The summed E-state index contributed by atoms with van der Waals surface area (Å²) in [6.07, 6.45) is 0. The summed E-state index contributed by atoms with van der Waals surface area (Å²) < 4.78 is 11.3. The van der Waals surface area contributed by atoms with Gasteiger partial charge in [-0.1, -0.05) is 0 Å². The van der Waals surface area contributed by atoms with Crippen molar-refractivity contribution in [2.24, 2.45) is 5.92 Å². The Kier molecular flexibility index (Phi) is 5.51. The normalized spacial score (nSPS) is 15.9. The Hall–Kier alpha value is -1.76. The number of hydrogen-bond acceptors (Lipinski definition) is 5. The second-order valence-corrected chi connectivity index (χ2v) is 7.49. The summed E-state index contributed by atoms with van der Waals surface area (Å²) >= 11 is 1.73. The molecule has 1 aromatic heterocycles. The van der Waals surface area contributed by atoms with Crippen LogP contribution < -0.4 is 19.7 Å². The monoisotopic (exact) mass is 380 g/mol. The first kappa shape index (κ1) is 18.0. The molecule has 0 spiro atoms. The largest absolute Gasteiger partial charge is 0.486 e. The van der Waals surface area contributed by atoms with Crippen molar-refractivity contribution in [2.45, 2.75) is 13.5 Å². The molecule has 0 saturated carbocycles. The number of halogens is 1.